The van der Waals surface area contributed by atoms with Crippen molar-refractivity contribution in [3.63, 3.8) is 0 Å². The Bertz CT molecular complexity index is 340. The van der Waals surface area contributed by atoms with E-state index in [2.05, 4.69) is 6.58 Å². The Balaban J connectivity index is 2.96. The highest BCUT2D eigenvalue weighted by molar-refractivity contribution is 5.74. The Labute approximate surface area is 90.3 Å². The molecule has 0 saturated carbocycles. The normalized spacial score (nSPS) is 14.3. The molecular weight excluding hydrogens is 188 g/mol. The molecule has 0 bridgehead atoms. The number of benzene rings is 1. The van der Waals surface area contributed by atoms with Gasteiger partial charge in [-0.05, 0) is 18.4 Å². The third-order valence-corrected chi connectivity index (χ3v) is 2.62. The minimum absolute atomic E-state index is 0.0406. The van der Waals surface area contributed by atoms with Crippen molar-refractivity contribution in [3.8, 4) is 0 Å². The maximum absolute atomic E-state index is 11.1. The minimum atomic E-state index is -0.807. The first-order chi connectivity index (χ1) is 7.04. The molecule has 2 atom stereocenters. The zero-order valence-corrected chi connectivity index (χ0v) is 9.10. The maximum atomic E-state index is 11.1. The first-order valence-electron chi connectivity index (χ1n) is 4.97. The molecule has 2 heteroatoms. The third-order valence-electron chi connectivity index (χ3n) is 2.62. The van der Waals surface area contributed by atoms with E-state index >= 15 is 0 Å². The van der Waals surface area contributed by atoms with E-state index in [4.69, 9.17) is 5.11 Å². The van der Waals surface area contributed by atoms with Crippen LogP contribution in [-0.4, -0.2) is 11.1 Å². The van der Waals surface area contributed by atoms with Gasteiger partial charge in [0.2, 0.25) is 0 Å². The quantitative estimate of drug-likeness (QED) is 0.765. The van der Waals surface area contributed by atoms with E-state index in [-0.39, 0.29) is 5.92 Å². The number of hydrogen-bond acceptors (Lipinski definition) is 1. The Kier molecular flexibility index (Phi) is 3.67. The Morgan fingerprint density at radius 2 is 1.87 bits per heavy atom. The van der Waals surface area contributed by atoms with Crippen LogP contribution in [0.15, 0.2) is 42.5 Å². The van der Waals surface area contributed by atoms with Crippen LogP contribution in [0.2, 0.25) is 0 Å². The predicted octanol–water partition coefficient (Wildman–Crippen LogP) is 3.07. The van der Waals surface area contributed by atoms with E-state index < -0.39 is 11.9 Å². The molecule has 0 aliphatic rings. The number of aliphatic carboxylic acids is 1. The van der Waals surface area contributed by atoms with E-state index in [1.54, 1.807) is 6.92 Å². The number of carboxylic acids is 1. The van der Waals surface area contributed by atoms with Crippen LogP contribution in [0.5, 0.6) is 0 Å². The van der Waals surface area contributed by atoms with Crippen LogP contribution in [0, 0.1) is 5.92 Å². The van der Waals surface area contributed by atoms with Gasteiger partial charge in [0.05, 0.1) is 5.92 Å². The molecule has 0 aliphatic carbocycles. The van der Waals surface area contributed by atoms with E-state index in [1.165, 1.54) is 0 Å². The summed E-state index contributed by atoms with van der Waals surface area (Å²) in [5, 5.41) is 9.11. The molecular formula is C13H16O2. The van der Waals surface area contributed by atoms with Gasteiger partial charge in [0.15, 0.2) is 0 Å². The second kappa shape index (κ2) is 4.78. The predicted molar refractivity (Wildman–Crippen MR) is 60.8 cm³/mol. The fourth-order valence-electron chi connectivity index (χ4n) is 1.80. The topological polar surface area (TPSA) is 37.3 Å². The average molecular weight is 204 g/mol. The standard InChI is InChI=1S/C13H16O2/c1-9(2)12(13(14)15)10(3)11-7-5-4-6-8-11/h4-8,10,12H,1H2,2-3H3,(H,14,15)/t10-,12-/m1/s1. The Hall–Kier alpha value is -1.57. The third kappa shape index (κ3) is 2.69. The van der Waals surface area contributed by atoms with Gasteiger partial charge in [0, 0.05) is 0 Å². The molecule has 0 aliphatic heterocycles. The lowest BCUT2D eigenvalue weighted by atomic mass is 9.83. The van der Waals surface area contributed by atoms with E-state index in [1.807, 2.05) is 37.3 Å². The van der Waals surface area contributed by atoms with Crippen LogP contribution in [0.1, 0.15) is 25.3 Å². The van der Waals surface area contributed by atoms with Crippen molar-refractivity contribution in [2.24, 2.45) is 5.92 Å². The van der Waals surface area contributed by atoms with Crippen LogP contribution in [0.25, 0.3) is 0 Å². The lowest BCUT2D eigenvalue weighted by molar-refractivity contribution is -0.140. The zero-order valence-electron chi connectivity index (χ0n) is 9.10. The summed E-state index contributed by atoms with van der Waals surface area (Å²) >= 11 is 0. The summed E-state index contributed by atoms with van der Waals surface area (Å²) in [5.74, 6) is -1.35. The van der Waals surface area contributed by atoms with Crippen LogP contribution in [0.4, 0.5) is 0 Å². The summed E-state index contributed by atoms with van der Waals surface area (Å²) < 4.78 is 0. The van der Waals surface area contributed by atoms with Crippen LogP contribution < -0.4 is 0 Å². The number of rotatable bonds is 4. The number of carboxylic acid groups (broad SMARTS) is 1. The fraction of sp³-hybridized carbons (Fsp3) is 0.308. The Morgan fingerprint density at radius 1 is 1.33 bits per heavy atom. The number of carbonyl (C=O) groups is 1. The van der Waals surface area contributed by atoms with Crippen molar-refractivity contribution in [2.45, 2.75) is 19.8 Å². The monoisotopic (exact) mass is 204 g/mol. The minimum Gasteiger partial charge on any atom is -0.481 e. The largest absolute Gasteiger partial charge is 0.481 e. The molecule has 0 spiro atoms. The molecule has 15 heavy (non-hydrogen) atoms. The van der Waals surface area contributed by atoms with Gasteiger partial charge >= 0.3 is 5.97 Å². The van der Waals surface area contributed by atoms with Crippen LogP contribution in [-0.2, 0) is 4.79 Å². The van der Waals surface area contributed by atoms with Crippen molar-refractivity contribution in [3.05, 3.63) is 48.0 Å². The molecule has 80 valence electrons. The molecule has 0 unspecified atom stereocenters. The van der Waals surface area contributed by atoms with Crippen LogP contribution in [0.3, 0.4) is 0 Å². The van der Waals surface area contributed by atoms with Gasteiger partial charge in [-0.3, -0.25) is 4.79 Å². The number of hydrogen-bond donors (Lipinski definition) is 1. The first-order valence-corrected chi connectivity index (χ1v) is 4.97. The molecule has 0 amide bonds. The molecule has 1 N–H and O–H groups in total. The van der Waals surface area contributed by atoms with Crippen molar-refractivity contribution in [1.29, 1.82) is 0 Å². The van der Waals surface area contributed by atoms with Crippen molar-refractivity contribution < 1.29 is 9.90 Å². The maximum Gasteiger partial charge on any atom is 0.311 e. The summed E-state index contributed by atoms with van der Waals surface area (Å²) in [6.07, 6.45) is 0. The molecule has 1 aromatic carbocycles. The van der Waals surface area contributed by atoms with E-state index in [0.29, 0.717) is 5.57 Å². The Morgan fingerprint density at radius 3 is 2.27 bits per heavy atom. The van der Waals surface area contributed by atoms with Crippen molar-refractivity contribution >= 4 is 5.97 Å². The molecule has 0 fully saturated rings. The van der Waals surface area contributed by atoms with Gasteiger partial charge in [0.25, 0.3) is 0 Å². The lowest BCUT2D eigenvalue weighted by Crippen LogP contribution is -2.21. The smallest absolute Gasteiger partial charge is 0.311 e. The second-order valence-corrected chi connectivity index (χ2v) is 3.86. The van der Waals surface area contributed by atoms with Gasteiger partial charge in [-0.2, -0.15) is 0 Å². The van der Waals surface area contributed by atoms with Gasteiger partial charge in [0.1, 0.15) is 0 Å². The zero-order chi connectivity index (χ0) is 11.4. The van der Waals surface area contributed by atoms with E-state index in [0.717, 1.165) is 5.56 Å². The summed E-state index contributed by atoms with van der Waals surface area (Å²) in [4.78, 5) is 11.1. The lowest BCUT2D eigenvalue weighted by Gasteiger charge is -2.20. The molecule has 0 radical (unpaired) electrons. The van der Waals surface area contributed by atoms with Crippen LogP contribution >= 0.6 is 0 Å². The van der Waals surface area contributed by atoms with Crippen molar-refractivity contribution in [2.75, 3.05) is 0 Å². The molecule has 0 aromatic heterocycles. The SMILES string of the molecule is C=C(C)[C@@H](C(=O)O)[C@H](C)c1ccccc1. The highest BCUT2D eigenvalue weighted by Crippen LogP contribution is 2.28. The summed E-state index contributed by atoms with van der Waals surface area (Å²) in [6, 6.07) is 9.66. The molecule has 1 aromatic rings. The van der Waals surface area contributed by atoms with Crippen molar-refractivity contribution in [1.82, 2.24) is 0 Å². The highest BCUT2D eigenvalue weighted by atomic mass is 16.4. The first kappa shape index (κ1) is 11.5. The van der Waals surface area contributed by atoms with Gasteiger partial charge in [-0.15, -0.1) is 0 Å². The summed E-state index contributed by atoms with van der Waals surface area (Å²) in [6.45, 7) is 7.42. The van der Waals surface area contributed by atoms with Gasteiger partial charge in [-0.25, -0.2) is 0 Å². The average Bonchev–Trinajstić information content (AvgIpc) is 2.18. The van der Waals surface area contributed by atoms with Gasteiger partial charge in [-0.1, -0.05) is 49.4 Å². The van der Waals surface area contributed by atoms with E-state index in [9.17, 15) is 4.79 Å². The van der Waals surface area contributed by atoms with Gasteiger partial charge < -0.3 is 5.11 Å². The molecule has 0 heterocycles. The molecule has 0 saturated heterocycles. The molecule has 2 nitrogen and oxygen atoms in total. The highest BCUT2D eigenvalue weighted by Gasteiger charge is 2.26. The summed E-state index contributed by atoms with van der Waals surface area (Å²) in [5.41, 5.74) is 1.73. The fourth-order valence-corrected chi connectivity index (χ4v) is 1.80. The summed E-state index contributed by atoms with van der Waals surface area (Å²) in [7, 11) is 0. The molecule has 1 rings (SSSR count). The second-order valence-electron chi connectivity index (χ2n) is 3.86.